The summed E-state index contributed by atoms with van der Waals surface area (Å²) in [6.45, 7) is 6.45. The minimum atomic E-state index is -0.811. The maximum absolute atomic E-state index is 12.9. The molecule has 0 aromatic carbocycles. The van der Waals surface area contributed by atoms with Gasteiger partial charge in [-0.1, -0.05) is 331 Å². The summed E-state index contributed by atoms with van der Waals surface area (Å²) in [5.74, 6) is -0.987. The zero-order valence-electron chi connectivity index (χ0n) is 51.9. The van der Waals surface area contributed by atoms with Crippen molar-refractivity contribution in [2.45, 2.75) is 354 Å². The number of ether oxygens (including phenoxy) is 3. The van der Waals surface area contributed by atoms with Crippen LogP contribution in [0.15, 0.2) is 72.9 Å². The lowest BCUT2D eigenvalue weighted by atomic mass is 10.0. The van der Waals surface area contributed by atoms with E-state index in [2.05, 4.69) is 87.6 Å². The van der Waals surface area contributed by atoms with E-state index in [1.165, 1.54) is 212 Å². The van der Waals surface area contributed by atoms with Gasteiger partial charge in [0.2, 0.25) is 0 Å². The van der Waals surface area contributed by atoms with E-state index in [4.69, 9.17) is 14.2 Å². The molecule has 6 heteroatoms. The van der Waals surface area contributed by atoms with Crippen molar-refractivity contribution < 1.29 is 28.6 Å². The molecule has 78 heavy (non-hydrogen) atoms. The van der Waals surface area contributed by atoms with Gasteiger partial charge in [0.15, 0.2) is 6.10 Å². The minimum absolute atomic E-state index is 0.101. The molecule has 0 radical (unpaired) electrons. The Morgan fingerprint density at radius 3 is 0.897 bits per heavy atom. The van der Waals surface area contributed by atoms with Crippen LogP contribution in [0.25, 0.3) is 0 Å². The molecule has 1 atom stereocenters. The Balaban J connectivity index is 4.11. The van der Waals surface area contributed by atoms with Gasteiger partial charge in [0.25, 0.3) is 0 Å². The van der Waals surface area contributed by atoms with Crippen molar-refractivity contribution in [3.8, 4) is 0 Å². The Labute approximate surface area is 484 Å². The molecule has 0 aromatic rings. The number of allylic oxidation sites excluding steroid dienone is 12. The molecule has 0 heterocycles. The number of carbonyl (C=O) groups excluding carboxylic acids is 3. The number of hydrogen-bond donors (Lipinski definition) is 0. The molecule has 0 saturated carbocycles. The van der Waals surface area contributed by atoms with Crippen LogP contribution in [-0.2, 0) is 28.6 Å². The average Bonchev–Trinajstić information content (AvgIpc) is 3.44. The highest BCUT2D eigenvalue weighted by Crippen LogP contribution is 2.18. The summed E-state index contributed by atoms with van der Waals surface area (Å²) in [5.41, 5.74) is 0. The van der Waals surface area contributed by atoms with Crippen molar-refractivity contribution in [2.75, 3.05) is 13.2 Å². The summed E-state index contributed by atoms with van der Waals surface area (Å²) < 4.78 is 16.8. The second kappa shape index (κ2) is 66.4. The van der Waals surface area contributed by atoms with Gasteiger partial charge in [-0.2, -0.15) is 0 Å². The van der Waals surface area contributed by atoms with E-state index in [1.54, 1.807) is 0 Å². The van der Waals surface area contributed by atoms with Crippen LogP contribution in [-0.4, -0.2) is 37.2 Å². The third kappa shape index (κ3) is 63.7. The summed E-state index contributed by atoms with van der Waals surface area (Å²) >= 11 is 0. The molecule has 0 rings (SSSR count). The molecular formula is C72H128O6. The summed E-state index contributed by atoms with van der Waals surface area (Å²) in [6, 6.07) is 0. The number of rotatable bonds is 62. The smallest absolute Gasteiger partial charge is 0.306 e. The van der Waals surface area contributed by atoms with Gasteiger partial charge in [0.1, 0.15) is 13.2 Å². The fourth-order valence-corrected chi connectivity index (χ4v) is 9.89. The summed E-state index contributed by atoms with van der Waals surface area (Å²) in [4.78, 5) is 38.2. The van der Waals surface area contributed by atoms with Crippen LogP contribution in [0.3, 0.4) is 0 Å². The fourth-order valence-electron chi connectivity index (χ4n) is 9.89. The second-order valence-electron chi connectivity index (χ2n) is 22.7. The molecule has 0 N–H and O–H groups in total. The van der Waals surface area contributed by atoms with E-state index in [9.17, 15) is 14.4 Å². The van der Waals surface area contributed by atoms with Crippen molar-refractivity contribution in [1.82, 2.24) is 0 Å². The molecule has 6 nitrogen and oxygen atoms in total. The number of hydrogen-bond acceptors (Lipinski definition) is 6. The standard InChI is InChI=1S/C72H128O6/c1-4-7-10-13-16-19-22-25-27-28-29-30-31-32-33-34-35-36-37-38-39-40-41-42-43-44-45-48-50-53-56-59-62-65-71(74)77-68-69(67-76-70(73)64-61-58-55-52-49-46-24-21-18-15-12-9-6-3)78-72(75)66-63-60-57-54-51-47-26-23-20-17-14-11-8-5-2/h9,12,14,17-18,21,23,26,46,49,55,58,69H,4-8,10-11,13,15-16,19-20,22,24-25,27-45,47-48,50-54,56-57,59-68H2,1-3H3/b12-9-,17-14-,21-18-,26-23-,49-46-,58-55-. The molecular weight excluding hydrogens is 961 g/mol. The maximum atomic E-state index is 12.9. The lowest BCUT2D eigenvalue weighted by molar-refractivity contribution is -0.166. The lowest BCUT2D eigenvalue weighted by Gasteiger charge is -2.18. The highest BCUT2D eigenvalue weighted by Gasteiger charge is 2.19. The molecule has 0 bridgehead atoms. The Bertz CT molecular complexity index is 1440. The monoisotopic (exact) mass is 1090 g/mol. The van der Waals surface area contributed by atoms with Crippen molar-refractivity contribution in [3.63, 3.8) is 0 Å². The zero-order chi connectivity index (χ0) is 56.4. The first-order chi connectivity index (χ1) is 38.5. The first-order valence-corrected chi connectivity index (χ1v) is 33.9. The Kier molecular flexibility index (Phi) is 63.7. The van der Waals surface area contributed by atoms with E-state index in [1.807, 2.05) is 6.08 Å². The Hall–Kier alpha value is -3.15. The summed E-state index contributed by atoms with van der Waals surface area (Å²) in [6.07, 6.45) is 86.9. The minimum Gasteiger partial charge on any atom is -0.462 e. The second-order valence-corrected chi connectivity index (χ2v) is 22.7. The first kappa shape index (κ1) is 74.8. The Morgan fingerprint density at radius 1 is 0.269 bits per heavy atom. The third-order valence-corrected chi connectivity index (χ3v) is 15.0. The molecule has 0 aliphatic heterocycles. The highest BCUT2D eigenvalue weighted by molar-refractivity contribution is 5.71. The number of unbranched alkanes of at least 4 members (excludes halogenated alkanes) is 39. The molecule has 452 valence electrons. The van der Waals surface area contributed by atoms with Gasteiger partial charge in [-0.25, -0.2) is 0 Å². The highest BCUT2D eigenvalue weighted by atomic mass is 16.6. The van der Waals surface area contributed by atoms with Crippen LogP contribution in [0.2, 0.25) is 0 Å². The molecule has 1 unspecified atom stereocenters. The molecule has 0 fully saturated rings. The largest absolute Gasteiger partial charge is 0.462 e. The number of esters is 3. The van der Waals surface area contributed by atoms with Crippen LogP contribution in [0.1, 0.15) is 348 Å². The predicted molar refractivity (Wildman–Crippen MR) is 339 cm³/mol. The predicted octanol–water partition coefficient (Wildman–Crippen LogP) is 23.3. The van der Waals surface area contributed by atoms with Gasteiger partial charge in [-0.3, -0.25) is 14.4 Å². The molecule has 0 aromatic heterocycles. The van der Waals surface area contributed by atoms with Gasteiger partial charge in [-0.05, 0) is 70.6 Å². The summed E-state index contributed by atoms with van der Waals surface area (Å²) in [7, 11) is 0. The lowest BCUT2D eigenvalue weighted by Crippen LogP contribution is -2.30. The van der Waals surface area contributed by atoms with Gasteiger partial charge in [0, 0.05) is 19.3 Å². The maximum Gasteiger partial charge on any atom is 0.306 e. The molecule has 0 aliphatic carbocycles. The van der Waals surface area contributed by atoms with Crippen LogP contribution in [0.4, 0.5) is 0 Å². The third-order valence-electron chi connectivity index (χ3n) is 15.0. The molecule has 0 spiro atoms. The van der Waals surface area contributed by atoms with Crippen molar-refractivity contribution in [2.24, 2.45) is 0 Å². The fraction of sp³-hybridized carbons (Fsp3) is 0.792. The van der Waals surface area contributed by atoms with E-state index in [0.29, 0.717) is 19.3 Å². The Morgan fingerprint density at radius 2 is 0.538 bits per heavy atom. The van der Waals surface area contributed by atoms with Crippen LogP contribution < -0.4 is 0 Å². The van der Waals surface area contributed by atoms with Gasteiger partial charge >= 0.3 is 17.9 Å². The zero-order valence-corrected chi connectivity index (χ0v) is 51.9. The van der Waals surface area contributed by atoms with Gasteiger partial charge < -0.3 is 14.2 Å². The van der Waals surface area contributed by atoms with Crippen LogP contribution in [0.5, 0.6) is 0 Å². The SMILES string of the molecule is CC/C=C\C/C=C\C/C=C\C/C=C\CCC(=O)OCC(COC(=O)CCCCCCCCCCCCCCCCCCCCCCCCCCCCCCCCCCC)OC(=O)CCCCCCC/C=C\C/C=C\CCCC. The topological polar surface area (TPSA) is 78.9 Å². The van der Waals surface area contributed by atoms with E-state index in [0.717, 1.165) is 89.9 Å². The van der Waals surface area contributed by atoms with E-state index >= 15 is 0 Å². The average molecular weight is 1090 g/mol. The quantitative estimate of drug-likeness (QED) is 0.0261. The normalized spacial score (nSPS) is 12.5. The van der Waals surface area contributed by atoms with Crippen LogP contribution in [0, 0.1) is 0 Å². The van der Waals surface area contributed by atoms with Crippen molar-refractivity contribution in [1.29, 1.82) is 0 Å². The van der Waals surface area contributed by atoms with Crippen molar-refractivity contribution >= 4 is 17.9 Å². The molecule has 0 aliphatic rings. The van der Waals surface area contributed by atoms with E-state index < -0.39 is 6.10 Å². The number of carbonyl (C=O) groups is 3. The molecule has 0 amide bonds. The van der Waals surface area contributed by atoms with Gasteiger partial charge in [-0.15, -0.1) is 0 Å². The molecule has 0 saturated heterocycles. The van der Waals surface area contributed by atoms with Gasteiger partial charge in [0.05, 0.1) is 0 Å². The van der Waals surface area contributed by atoms with E-state index in [-0.39, 0.29) is 37.5 Å². The van der Waals surface area contributed by atoms with Crippen LogP contribution >= 0.6 is 0 Å². The van der Waals surface area contributed by atoms with Crippen molar-refractivity contribution in [3.05, 3.63) is 72.9 Å². The summed E-state index contributed by atoms with van der Waals surface area (Å²) in [5, 5.41) is 0. The first-order valence-electron chi connectivity index (χ1n) is 33.9.